The lowest BCUT2D eigenvalue weighted by molar-refractivity contribution is 0.234. The minimum atomic E-state index is -0.152. The number of carbonyl (C=O) groups excluding carboxylic acids is 1. The fourth-order valence-corrected chi connectivity index (χ4v) is 4.11. The van der Waals surface area contributed by atoms with E-state index in [1.165, 1.54) is 5.56 Å². The van der Waals surface area contributed by atoms with E-state index < -0.39 is 0 Å². The lowest BCUT2D eigenvalue weighted by Crippen LogP contribution is -2.50. The largest absolute Gasteiger partial charge is 0.355 e. The van der Waals surface area contributed by atoms with Crippen molar-refractivity contribution in [2.75, 3.05) is 18.0 Å². The molecule has 0 saturated carbocycles. The van der Waals surface area contributed by atoms with Crippen molar-refractivity contribution in [1.29, 1.82) is 0 Å². The molecule has 1 aliphatic rings. The van der Waals surface area contributed by atoms with Crippen molar-refractivity contribution in [3.8, 4) is 0 Å². The number of rotatable bonds is 4. The molecule has 2 N–H and O–H groups in total. The van der Waals surface area contributed by atoms with Crippen LogP contribution in [-0.2, 0) is 20.6 Å². The molecule has 1 aliphatic heterocycles. The van der Waals surface area contributed by atoms with Crippen LogP contribution >= 0.6 is 0 Å². The van der Waals surface area contributed by atoms with Gasteiger partial charge in [0.1, 0.15) is 11.6 Å². The quantitative estimate of drug-likeness (QED) is 0.711. The molecule has 1 atom stereocenters. The summed E-state index contributed by atoms with van der Waals surface area (Å²) in [6.45, 7) is 6.22. The molecule has 0 spiro atoms. The van der Waals surface area contributed by atoms with E-state index in [-0.39, 0.29) is 12.1 Å². The normalized spacial score (nSPS) is 17.0. The highest BCUT2D eigenvalue weighted by atomic mass is 16.2. The van der Waals surface area contributed by atoms with Crippen LogP contribution in [0.25, 0.3) is 11.0 Å². The summed E-state index contributed by atoms with van der Waals surface area (Å²) in [7, 11) is 3.94. The standard InChI is InChI=1S/C21H29N7O/c1-14-7-8-18-17(10-14)24-19(26(18)3)12-22-21(29)23-16-6-5-9-28(13-16)20-11-15(2)25-27(20)4/h7-8,10-11,16H,5-6,9,12-13H2,1-4H3,(H2,22,23,29). The maximum Gasteiger partial charge on any atom is 0.315 e. The third-order valence-electron chi connectivity index (χ3n) is 5.59. The first-order chi connectivity index (χ1) is 13.9. The van der Waals surface area contributed by atoms with E-state index in [9.17, 15) is 4.79 Å². The lowest BCUT2D eigenvalue weighted by atomic mass is 10.1. The number of anilines is 1. The number of imidazole rings is 1. The minimum absolute atomic E-state index is 0.113. The van der Waals surface area contributed by atoms with Crippen molar-refractivity contribution in [3.05, 3.63) is 41.3 Å². The number of piperidine rings is 1. The third kappa shape index (κ3) is 4.06. The second-order valence-corrected chi connectivity index (χ2v) is 7.96. The van der Waals surface area contributed by atoms with E-state index in [4.69, 9.17) is 0 Å². The van der Waals surface area contributed by atoms with Crippen molar-refractivity contribution in [1.82, 2.24) is 30.0 Å². The molecule has 8 nitrogen and oxygen atoms in total. The average Bonchev–Trinajstić information content (AvgIpc) is 3.18. The van der Waals surface area contributed by atoms with Gasteiger partial charge in [-0.2, -0.15) is 5.10 Å². The minimum Gasteiger partial charge on any atom is -0.355 e. The van der Waals surface area contributed by atoms with Crippen LogP contribution in [0.2, 0.25) is 0 Å². The lowest BCUT2D eigenvalue weighted by Gasteiger charge is -2.34. The molecule has 2 aromatic heterocycles. The highest BCUT2D eigenvalue weighted by Gasteiger charge is 2.23. The Balaban J connectivity index is 1.35. The molecule has 1 fully saturated rings. The first kappa shape index (κ1) is 19.3. The van der Waals surface area contributed by atoms with E-state index >= 15 is 0 Å². The summed E-state index contributed by atoms with van der Waals surface area (Å²) < 4.78 is 3.94. The third-order valence-corrected chi connectivity index (χ3v) is 5.59. The number of hydrogen-bond donors (Lipinski definition) is 2. The molecular formula is C21H29N7O. The van der Waals surface area contributed by atoms with Crippen LogP contribution in [0.3, 0.4) is 0 Å². The highest BCUT2D eigenvalue weighted by Crippen LogP contribution is 2.20. The van der Waals surface area contributed by atoms with Gasteiger partial charge in [-0.15, -0.1) is 0 Å². The Labute approximate surface area is 170 Å². The summed E-state index contributed by atoms with van der Waals surface area (Å²) in [5, 5.41) is 10.5. The highest BCUT2D eigenvalue weighted by molar-refractivity contribution is 5.77. The van der Waals surface area contributed by atoms with Gasteiger partial charge in [-0.05, 0) is 44.4 Å². The fourth-order valence-electron chi connectivity index (χ4n) is 4.11. The zero-order valence-corrected chi connectivity index (χ0v) is 17.6. The van der Waals surface area contributed by atoms with Gasteiger partial charge in [0.25, 0.3) is 0 Å². The molecule has 4 rings (SSSR count). The zero-order chi connectivity index (χ0) is 20.5. The second kappa shape index (κ2) is 7.77. The van der Waals surface area contributed by atoms with Gasteiger partial charge in [-0.3, -0.25) is 4.68 Å². The predicted molar refractivity (Wildman–Crippen MR) is 114 cm³/mol. The molecule has 1 unspecified atom stereocenters. The Morgan fingerprint density at radius 2 is 2.07 bits per heavy atom. The van der Waals surface area contributed by atoms with E-state index in [1.54, 1.807) is 0 Å². The van der Waals surface area contributed by atoms with Crippen LogP contribution < -0.4 is 15.5 Å². The molecule has 8 heteroatoms. The first-order valence-electron chi connectivity index (χ1n) is 10.1. The Kier molecular flexibility index (Phi) is 5.17. The van der Waals surface area contributed by atoms with Crippen LogP contribution in [0.15, 0.2) is 24.3 Å². The Bertz CT molecular complexity index is 1040. The second-order valence-electron chi connectivity index (χ2n) is 7.96. The molecule has 0 radical (unpaired) electrons. The summed E-state index contributed by atoms with van der Waals surface area (Å²) in [6, 6.07) is 8.26. The molecule has 0 aliphatic carbocycles. The summed E-state index contributed by atoms with van der Waals surface area (Å²) in [5.74, 6) is 1.95. The number of amides is 2. The first-order valence-corrected chi connectivity index (χ1v) is 10.1. The summed E-state index contributed by atoms with van der Waals surface area (Å²) >= 11 is 0. The van der Waals surface area contributed by atoms with Crippen LogP contribution in [0.1, 0.15) is 29.9 Å². The number of carbonyl (C=O) groups is 1. The van der Waals surface area contributed by atoms with E-state index in [1.807, 2.05) is 30.3 Å². The smallest absolute Gasteiger partial charge is 0.315 e. The van der Waals surface area contributed by atoms with Crippen molar-refractivity contribution in [3.63, 3.8) is 0 Å². The Morgan fingerprint density at radius 3 is 2.83 bits per heavy atom. The van der Waals surface area contributed by atoms with Crippen LogP contribution in [0.5, 0.6) is 0 Å². The summed E-state index contributed by atoms with van der Waals surface area (Å²) in [5.41, 5.74) is 4.22. The van der Waals surface area contributed by atoms with Crippen LogP contribution in [0, 0.1) is 13.8 Å². The van der Waals surface area contributed by atoms with Crippen molar-refractivity contribution in [2.45, 2.75) is 39.3 Å². The number of benzene rings is 1. The maximum absolute atomic E-state index is 12.5. The van der Waals surface area contributed by atoms with Gasteiger partial charge >= 0.3 is 6.03 Å². The number of hydrogen-bond acceptors (Lipinski definition) is 4. The monoisotopic (exact) mass is 395 g/mol. The average molecular weight is 396 g/mol. The van der Waals surface area contributed by atoms with Crippen LogP contribution in [-0.4, -0.2) is 44.5 Å². The van der Waals surface area contributed by atoms with E-state index in [2.05, 4.69) is 56.8 Å². The molecular weight excluding hydrogens is 366 g/mol. The number of fused-ring (bicyclic) bond motifs is 1. The fraction of sp³-hybridized carbons (Fsp3) is 0.476. The number of nitrogens with zero attached hydrogens (tertiary/aromatic N) is 5. The topological polar surface area (TPSA) is 80.0 Å². The molecule has 3 aromatic rings. The SMILES string of the molecule is Cc1ccc2c(c1)nc(CNC(=O)NC1CCCN(c3cc(C)nn3C)C1)n2C. The van der Waals surface area contributed by atoms with Gasteiger partial charge in [0.2, 0.25) is 0 Å². The van der Waals surface area contributed by atoms with Gasteiger partial charge in [0.05, 0.1) is 23.3 Å². The Hall–Kier alpha value is -3.03. The van der Waals surface area contributed by atoms with Crippen molar-refractivity contribution in [2.24, 2.45) is 14.1 Å². The maximum atomic E-state index is 12.5. The Morgan fingerprint density at radius 1 is 1.24 bits per heavy atom. The van der Waals surface area contributed by atoms with Gasteiger partial charge < -0.3 is 20.1 Å². The van der Waals surface area contributed by atoms with Gasteiger partial charge in [-0.1, -0.05) is 6.07 Å². The van der Waals surface area contributed by atoms with E-state index in [0.717, 1.165) is 54.3 Å². The molecule has 0 bridgehead atoms. The summed E-state index contributed by atoms with van der Waals surface area (Å²) in [4.78, 5) is 19.4. The van der Waals surface area contributed by atoms with Gasteiger partial charge in [0, 0.05) is 39.3 Å². The molecule has 154 valence electrons. The van der Waals surface area contributed by atoms with Crippen molar-refractivity contribution >= 4 is 22.9 Å². The van der Waals surface area contributed by atoms with Gasteiger partial charge in [-0.25, -0.2) is 9.78 Å². The van der Waals surface area contributed by atoms with Gasteiger partial charge in [0.15, 0.2) is 0 Å². The van der Waals surface area contributed by atoms with Crippen LogP contribution in [0.4, 0.5) is 10.6 Å². The van der Waals surface area contributed by atoms with Crippen molar-refractivity contribution < 1.29 is 4.79 Å². The molecule has 29 heavy (non-hydrogen) atoms. The molecule has 2 amide bonds. The zero-order valence-electron chi connectivity index (χ0n) is 17.6. The number of aromatic nitrogens is 4. The van der Waals surface area contributed by atoms with E-state index in [0.29, 0.717) is 6.54 Å². The number of urea groups is 1. The molecule has 1 aromatic carbocycles. The number of nitrogens with one attached hydrogen (secondary N) is 2. The predicted octanol–water partition coefficient (Wildman–Crippen LogP) is 2.39. The molecule has 1 saturated heterocycles. The molecule has 3 heterocycles. The number of aryl methyl sites for hydroxylation is 4. The summed E-state index contributed by atoms with van der Waals surface area (Å²) in [6.07, 6.45) is 2.02.